The summed E-state index contributed by atoms with van der Waals surface area (Å²) in [5, 5.41) is 3.27. The molecule has 0 bridgehead atoms. The summed E-state index contributed by atoms with van der Waals surface area (Å²) in [5.74, 6) is -2.77. The summed E-state index contributed by atoms with van der Waals surface area (Å²) in [6.45, 7) is 4.80. The molecule has 0 aliphatic heterocycles. The minimum absolute atomic E-state index is 0.228. The van der Waals surface area contributed by atoms with E-state index in [0.29, 0.717) is 5.92 Å². The van der Waals surface area contributed by atoms with Crippen LogP contribution in [0, 0.1) is 29.3 Å². The molecule has 0 saturated heterocycles. The standard InChI is InChI=1S/C15H20F3N/c1-3-8-19-15(9(2)10-4-5-10)11-6-7-12(16)14(18)13(11)17/h6-7,9-10,15,19H,3-5,8H2,1-2H3. The van der Waals surface area contributed by atoms with Crippen LogP contribution in [0.2, 0.25) is 0 Å². The fourth-order valence-corrected chi connectivity index (χ4v) is 2.55. The molecule has 0 heterocycles. The molecule has 4 heteroatoms. The predicted molar refractivity (Wildman–Crippen MR) is 69.2 cm³/mol. The van der Waals surface area contributed by atoms with E-state index in [1.54, 1.807) is 0 Å². The van der Waals surface area contributed by atoms with Gasteiger partial charge in [-0.15, -0.1) is 0 Å². The van der Waals surface area contributed by atoms with Crippen molar-refractivity contribution in [3.63, 3.8) is 0 Å². The van der Waals surface area contributed by atoms with Crippen LogP contribution in [-0.2, 0) is 0 Å². The summed E-state index contributed by atoms with van der Waals surface area (Å²) in [4.78, 5) is 0. The molecule has 1 aliphatic rings. The molecule has 19 heavy (non-hydrogen) atoms. The van der Waals surface area contributed by atoms with Crippen LogP contribution in [0.15, 0.2) is 12.1 Å². The van der Waals surface area contributed by atoms with Crippen LogP contribution in [0.5, 0.6) is 0 Å². The van der Waals surface area contributed by atoms with Gasteiger partial charge in [-0.2, -0.15) is 0 Å². The Kier molecular flexibility index (Phi) is 4.50. The smallest absolute Gasteiger partial charge is 0.194 e. The summed E-state index contributed by atoms with van der Waals surface area (Å²) < 4.78 is 40.3. The fraction of sp³-hybridized carbons (Fsp3) is 0.600. The molecule has 0 spiro atoms. The van der Waals surface area contributed by atoms with Crippen molar-refractivity contribution in [2.24, 2.45) is 11.8 Å². The highest BCUT2D eigenvalue weighted by atomic mass is 19.2. The van der Waals surface area contributed by atoms with E-state index in [-0.39, 0.29) is 17.5 Å². The first-order valence-electron chi connectivity index (χ1n) is 6.93. The maximum Gasteiger partial charge on any atom is 0.194 e. The van der Waals surface area contributed by atoms with Gasteiger partial charge in [0.05, 0.1) is 0 Å². The Morgan fingerprint density at radius 3 is 2.47 bits per heavy atom. The molecule has 0 radical (unpaired) electrons. The lowest BCUT2D eigenvalue weighted by molar-refractivity contribution is 0.332. The first kappa shape index (κ1) is 14.4. The van der Waals surface area contributed by atoms with Crippen molar-refractivity contribution in [3.05, 3.63) is 35.1 Å². The van der Waals surface area contributed by atoms with Crippen LogP contribution >= 0.6 is 0 Å². The van der Waals surface area contributed by atoms with E-state index < -0.39 is 17.5 Å². The van der Waals surface area contributed by atoms with Crippen LogP contribution in [0.25, 0.3) is 0 Å². The summed E-state index contributed by atoms with van der Waals surface area (Å²) in [7, 11) is 0. The van der Waals surface area contributed by atoms with Crippen LogP contribution < -0.4 is 5.32 Å². The van der Waals surface area contributed by atoms with Gasteiger partial charge < -0.3 is 5.32 Å². The Morgan fingerprint density at radius 2 is 1.89 bits per heavy atom. The molecule has 106 valence electrons. The molecule has 0 amide bonds. The highest BCUT2D eigenvalue weighted by Gasteiger charge is 2.35. The van der Waals surface area contributed by atoms with E-state index in [9.17, 15) is 13.2 Å². The van der Waals surface area contributed by atoms with Gasteiger partial charge in [-0.3, -0.25) is 0 Å². The Balaban J connectivity index is 2.28. The molecular formula is C15H20F3N. The number of rotatable bonds is 6. The molecule has 1 saturated carbocycles. The van der Waals surface area contributed by atoms with E-state index in [2.05, 4.69) is 5.32 Å². The van der Waals surface area contributed by atoms with Crippen molar-refractivity contribution in [3.8, 4) is 0 Å². The van der Waals surface area contributed by atoms with Gasteiger partial charge in [-0.25, -0.2) is 13.2 Å². The van der Waals surface area contributed by atoms with Gasteiger partial charge in [0.2, 0.25) is 0 Å². The minimum Gasteiger partial charge on any atom is -0.310 e. The Bertz CT molecular complexity index is 443. The summed E-state index contributed by atoms with van der Waals surface area (Å²) in [5.41, 5.74) is 0.242. The molecule has 1 aliphatic carbocycles. The van der Waals surface area contributed by atoms with Crippen molar-refractivity contribution < 1.29 is 13.2 Å². The lowest BCUT2D eigenvalue weighted by Gasteiger charge is -2.26. The normalized spacial score (nSPS) is 18.4. The van der Waals surface area contributed by atoms with E-state index in [4.69, 9.17) is 0 Å². The van der Waals surface area contributed by atoms with Crippen LogP contribution in [0.3, 0.4) is 0 Å². The molecule has 1 aromatic carbocycles. The zero-order valence-electron chi connectivity index (χ0n) is 11.3. The number of halogens is 3. The van der Waals surface area contributed by atoms with Gasteiger partial charge in [0.1, 0.15) is 0 Å². The van der Waals surface area contributed by atoms with Gasteiger partial charge in [0, 0.05) is 11.6 Å². The molecule has 1 fully saturated rings. The zero-order chi connectivity index (χ0) is 14.0. The lowest BCUT2D eigenvalue weighted by Crippen LogP contribution is -2.30. The molecular weight excluding hydrogens is 251 g/mol. The first-order valence-corrected chi connectivity index (χ1v) is 6.93. The van der Waals surface area contributed by atoms with Gasteiger partial charge in [-0.1, -0.05) is 19.9 Å². The molecule has 1 N–H and O–H groups in total. The molecule has 2 unspecified atom stereocenters. The third-order valence-corrected chi connectivity index (χ3v) is 3.91. The number of hydrogen-bond acceptors (Lipinski definition) is 1. The van der Waals surface area contributed by atoms with Crippen molar-refractivity contribution in [2.45, 2.75) is 39.2 Å². The van der Waals surface area contributed by atoms with E-state index in [1.807, 2.05) is 13.8 Å². The van der Waals surface area contributed by atoms with E-state index >= 15 is 0 Å². The third-order valence-electron chi connectivity index (χ3n) is 3.91. The van der Waals surface area contributed by atoms with Crippen molar-refractivity contribution in [2.75, 3.05) is 6.54 Å². The van der Waals surface area contributed by atoms with Crippen molar-refractivity contribution >= 4 is 0 Å². The molecule has 1 aromatic rings. The van der Waals surface area contributed by atoms with Crippen molar-refractivity contribution in [1.29, 1.82) is 0 Å². The maximum absolute atomic E-state index is 13.9. The minimum atomic E-state index is -1.37. The highest BCUT2D eigenvalue weighted by molar-refractivity contribution is 5.24. The SMILES string of the molecule is CCCNC(c1ccc(F)c(F)c1F)C(C)C1CC1. The second-order valence-electron chi connectivity index (χ2n) is 5.39. The molecule has 1 nitrogen and oxygen atoms in total. The topological polar surface area (TPSA) is 12.0 Å². The van der Waals surface area contributed by atoms with Crippen LogP contribution in [0.4, 0.5) is 13.2 Å². The zero-order valence-corrected chi connectivity index (χ0v) is 11.3. The Hall–Kier alpha value is -1.03. The van der Waals surface area contributed by atoms with Gasteiger partial charge in [-0.05, 0) is 43.7 Å². The highest BCUT2D eigenvalue weighted by Crippen LogP contribution is 2.43. The Labute approximate surface area is 112 Å². The molecule has 2 rings (SSSR count). The van der Waals surface area contributed by atoms with Gasteiger partial charge in [0.25, 0.3) is 0 Å². The summed E-state index contributed by atoms with van der Waals surface area (Å²) in [6.07, 6.45) is 3.19. The summed E-state index contributed by atoms with van der Waals surface area (Å²) in [6, 6.07) is 2.12. The van der Waals surface area contributed by atoms with Crippen LogP contribution in [-0.4, -0.2) is 6.54 Å². The third kappa shape index (κ3) is 3.11. The first-order chi connectivity index (χ1) is 9.06. The van der Waals surface area contributed by atoms with E-state index in [1.165, 1.54) is 6.07 Å². The number of hydrogen-bond donors (Lipinski definition) is 1. The van der Waals surface area contributed by atoms with Gasteiger partial charge >= 0.3 is 0 Å². The quantitative estimate of drug-likeness (QED) is 0.765. The predicted octanol–water partition coefficient (Wildman–Crippen LogP) is 4.19. The molecule has 0 aromatic heterocycles. The average molecular weight is 271 g/mol. The lowest BCUT2D eigenvalue weighted by atomic mass is 9.90. The largest absolute Gasteiger partial charge is 0.310 e. The Morgan fingerprint density at radius 1 is 1.21 bits per heavy atom. The van der Waals surface area contributed by atoms with Gasteiger partial charge in [0.15, 0.2) is 17.5 Å². The molecule has 2 atom stereocenters. The number of nitrogens with one attached hydrogen (secondary N) is 1. The fourth-order valence-electron chi connectivity index (χ4n) is 2.55. The van der Waals surface area contributed by atoms with Crippen molar-refractivity contribution in [1.82, 2.24) is 5.32 Å². The van der Waals surface area contributed by atoms with Crippen LogP contribution in [0.1, 0.15) is 44.7 Å². The summed E-state index contributed by atoms with van der Waals surface area (Å²) >= 11 is 0. The second-order valence-corrected chi connectivity index (χ2v) is 5.39. The number of benzene rings is 1. The maximum atomic E-state index is 13.9. The monoisotopic (exact) mass is 271 g/mol. The van der Waals surface area contributed by atoms with E-state index in [0.717, 1.165) is 31.9 Å². The average Bonchev–Trinajstić information content (AvgIpc) is 3.22. The second kappa shape index (κ2) is 5.95.